The first-order valence-corrected chi connectivity index (χ1v) is 8.26. The maximum absolute atomic E-state index is 4.44. The predicted molar refractivity (Wildman–Crippen MR) is 95.4 cm³/mol. The topological polar surface area (TPSA) is 32.6 Å². The van der Waals surface area contributed by atoms with Gasteiger partial charge < -0.3 is 14.8 Å². The van der Waals surface area contributed by atoms with Crippen LogP contribution in [-0.2, 0) is 20.0 Å². The molecule has 1 aromatic carbocycles. The number of aromatic nitrogens is 1. The monoisotopic (exact) mass is 310 g/mol. The van der Waals surface area contributed by atoms with E-state index in [4.69, 9.17) is 0 Å². The molecule has 1 saturated carbocycles. The van der Waals surface area contributed by atoms with Gasteiger partial charge in [-0.1, -0.05) is 30.3 Å². The molecule has 122 valence electrons. The number of aliphatic imine (C=N–C) groups is 1. The molecule has 4 heteroatoms. The first kappa shape index (κ1) is 15.7. The molecule has 0 amide bonds. The van der Waals surface area contributed by atoms with Crippen molar-refractivity contribution in [2.24, 2.45) is 18.0 Å². The standard InChI is InChI=1S/C19H26N4/c1-20-19(23(3)14-17-10-7-11-22(17)2)21-18-13-16(18)12-15-8-5-4-6-9-15/h4-11,16,18H,12-14H2,1-3H3,(H,20,21). The van der Waals surface area contributed by atoms with E-state index in [-0.39, 0.29) is 0 Å². The van der Waals surface area contributed by atoms with E-state index in [9.17, 15) is 0 Å². The van der Waals surface area contributed by atoms with Crippen molar-refractivity contribution in [1.29, 1.82) is 0 Å². The van der Waals surface area contributed by atoms with Gasteiger partial charge in [0.1, 0.15) is 0 Å². The van der Waals surface area contributed by atoms with Crippen molar-refractivity contribution in [3.8, 4) is 0 Å². The molecule has 23 heavy (non-hydrogen) atoms. The van der Waals surface area contributed by atoms with Crippen molar-refractivity contribution in [2.75, 3.05) is 14.1 Å². The van der Waals surface area contributed by atoms with Crippen LogP contribution in [0.4, 0.5) is 0 Å². The average Bonchev–Trinajstić information content (AvgIpc) is 3.16. The molecule has 0 aliphatic heterocycles. The largest absolute Gasteiger partial charge is 0.353 e. The van der Waals surface area contributed by atoms with Crippen LogP contribution in [0.15, 0.2) is 53.7 Å². The first-order chi connectivity index (χ1) is 11.2. The van der Waals surface area contributed by atoms with E-state index in [1.807, 2.05) is 7.05 Å². The van der Waals surface area contributed by atoms with Gasteiger partial charge in [-0.25, -0.2) is 0 Å². The summed E-state index contributed by atoms with van der Waals surface area (Å²) in [6.07, 6.45) is 4.46. The molecule has 1 N–H and O–H groups in total. The highest BCUT2D eigenvalue weighted by molar-refractivity contribution is 5.80. The number of rotatable bonds is 5. The highest BCUT2D eigenvalue weighted by Gasteiger charge is 2.37. The number of benzene rings is 1. The van der Waals surface area contributed by atoms with Crippen LogP contribution in [0.1, 0.15) is 17.7 Å². The SMILES string of the molecule is CN=C(NC1CC1Cc1ccccc1)N(C)Cc1cccn1C. The minimum Gasteiger partial charge on any atom is -0.353 e. The lowest BCUT2D eigenvalue weighted by Crippen LogP contribution is -2.40. The number of nitrogens with one attached hydrogen (secondary N) is 1. The second kappa shape index (κ2) is 6.90. The zero-order valence-corrected chi connectivity index (χ0v) is 14.2. The number of hydrogen-bond acceptors (Lipinski definition) is 1. The Morgan fingerprint density at radius 1 is 1.26 bits per heavy atom. The summed E-state index contributed by atoms with van der Waals surface area (Å²) in [7, 11) is 6.03. The predicted octanol–water partition coefficient (Wildman–Crippen LogP) is 2.66. The molecule has 4 nitrogen and oxygen atoms in total. The summed E-state index contributed by atoms with van der Waals surface area (Å²) in [4.78, 5) is 6.63. The summed E-state index contributed by atoms with van der Waals surface area (Å²) in [5.74, 6) is 1.70. The van der Waals surface area contributed by atoms with Crippen molar-refractivity contribution < 1.29 is 0 Å². The van der Waals surface area contributed by atoms with Gasteiger partial charge in [0.25, 0.3) is 0 Å². The summed E-state index contributed by atoms with van der Waals surface area (Å²) in [6.45, 7) is 0.860. The Kier molecular flexibility index (Phi) is 4.70. The van der Waals surface area contributed by atoms with Gasteiger partial charge in [0, 0.05) is 39.1 Å². The molecule has 1 fully saturated rings. The molecule has 2 atom stereocenters. The summed E-state index contributed by atoms with van der Waals surface area (Å²) in [5.41, 5.74) is 2.71. The Balaban J connectivity index is 1.51. The minimum absolute atomic E-state index is 0.546. The van der Waals surface area contributed by atoms with E-state index in [1.165, 1.54) is 17.7 Å². The van der Waals surface area contributed by atoms with Crippen LogP contribution in [0.2, 0.25) is 0 Å². The van der Waals surface area contributed by atoms with E-state index in [0.717, 1.165) is 24.8 Å². The second-order valence-electron chi connectivity index (χ2n) is 6.45. The molecule has 0 bridgehead atoms. The van der Waals surface area contributed by atoms with E-state index in [2.05, 4.69) is 82.5 Å². The van der Waals surface area contributed by atoms with Crippen LogP contribution in [0, 0.1) is 5.92 Å². The molecule has 1 aliphatic carbocycles. The highest BCUT2D eigenvalue weighted by atomic mass is 15.3. The van der Waals surface area contributed by atoms with Crippen molar-refractivity contribution in [1.82, 2.24) is 14.8 Å². The van der Waals surface area contributed by atoms with Gasteiger partial charge in [-0.05, 0) is 36.5 Å². The quantitative estimate of drug-likeness (QED) is 0.680. The Bertz CT molecular complexity index is 659. The molecular formula is C19H26N4. The molecule has 1 heterocycles. The third-order valence-electron chi connectivity index (χ3n) is 4.60. The maximum atomic E-state index is 4.44. The molecule has 2 aromatic rings. The Morgan fingerprint density at radius 2 is 2.04 bits per heavy atom. The second-order valence-corrected chi connectivity index (χ2v) is 6.45. The van der Waals surface area contributed by atoms with E-state index < -0.39 is 0 Å². The van der Waals surface area contributed by atoms with Gasteiger partial charge in [-0.3, -0.25) is 4.99 Å². The zero-order valence-electron chi connectivity index (χ0n) is 14.2. The molecule has 0 spiro atoms. The Hall–Kier alpha value is -2.23. The van der Waals surface area contributed by atoms with Gasteiger partial charge in [0.2, 0.25) is 0 Å². The van der Waals surface area contributed by atoms with Crippen LogP contribution in [-0.4, -0.2) is 35.6 Å². The van der Waals surface area contributed by atoms with Gasteiger partial charge in [0.05, 0.1) is 6.54 Å². The normalized spacial score (nSPS) is 20.4. The van der Waals surface area contributed by atoms with Crippen LogP contribution in [0.5, 0.6) is 0 Å². The summed E-state index contributed by atoms with van der Waals surface area (Å²) >= 11 is 0. The number of guanidine groups is 1. The lowest BCUT2D eigenvalue weighted by molar-refractivity contribution is 0.459. The van der Waals surface area contributed by atoms with Crippen LogP contribution in [0.25, 0.3) is 0 Å². The summed E-state index contributed by atoms with van der Waals surface area (Å²) < 4.78 is 2.15. The third kappa shape index (κ3) is 3.95. The molecule has 0 saturated heterocycles. The number of aryl methyl sites for hydroxylation is 1. The van der Waals surface area contributed by atoms with E-state index in [1.54, 1.807) is 0 Å². The van der Waals surface area contributed by atoms with Crippen molar-refractivity contribution in [2.45, 2.75) is 25.4 Å². The molecule has 1 aromatic heterocycles. The van der Waals surface area contributed by atoms with E-state index >= 15 is 0 Å². The smallest absolute Gasteiger partial charge is 0.193 e. The van der Waals surface area contributed by atoms with Crippen LogP contribution < -0.4 is 5.32 Å². The molecule has 3 rings (SSSR count). The fourth-order valence-corrected chi connectivity index (χ4v) is 3.06. The highest BCUT2D eigenvalue weighted by Crippen LogP contribution is 2.33. The average molecular weight is 310 g/mol. The number of hydrogen-bond donors (Lipinski definition) is 1. The lowest BCUT2D eigenvalue weighted by Gasteiger charge is -2.22. The maximum Gasteiger partial charge on any atom is 0.193 e. The molecule has 0 radical (unpaired) electrons. The lowest BCUT2D eigenvalue weighted by atomic mass is 10.1. The summed E-state index contributed by atoms with van der Waals surface area (Å²) in [6, 6.07) is 15.5. The summed E-state index contributed by atoms with van der Waals surface area (Å²) in [5, 5.41) is 3.61. The van der Waals surface area contributed by atoms with Crippen molar-refractivity contribution in [3.63, 3.8) is 0 Å². The fourth-order valence-electron chi connectivity index (χ4n) is 3.06. The Morgan fingerprint density at radius 3 is 2.70 bits per heavy atom. The first-order valence-electron chi connectivity index (χ1n) is 8.26. The van der Waals surface area contributed by atoms with Crippen LogP contribution in [0.3, 0.4) is 0 Å². The van der Waals surface area contributed by atoms with Gasteiger partial charge in [-0.2, -0.15) is 0 Å². The molecular weight excluding hydrogens is 284 g/mol. The molecule has 1 aliphatic rings. The minimum atomic E-state index is 0.546. The van der Waals surface area contributed by atoms with Crippen molar-refractivity contribution in [3.05, 3.63) is 59.9 Å². The zero-order chi connectivity index (χ0) is 16.2. The third-order valence-corrected chi connectivity index (χ3v) is 4.60. The Labute approximate surface area is 138 Å². The van der Waals surface area contributed by atoms with Gasteiger partial charge >= 0.3 is 0 Å². The fraction of sp³-hybridized carbons (Fsp3) is 0.421. The van der Waals surface area contributed by atoms with Crippen LogP contribution >= 0.6 is 0 Å². The van der Waals surface area contributed by atoms with E-state index in [0.29, 0.717) is 6.04 Å². The van der Waals surface area contributed by atoms with Gasteiger partial charge in [0.15, 0.2) is 5.96 Å². The molecule has 2 unspecified atom stereocenters. The number of nitrogens with zero attached hydrogens (tertiary/aromatic N) is 3. The van der Waals surface area contributed by atoms with Gasteiger partial charge in [-0.15, -0.1) is 0 Å². The van der Waals surface area contributed by atoms with Crippen molar-refractivity contribution >= 4 is 5.96 Å².